The normalized spacial score (nSPS) is 11.2. The number of nitrogens with zero attached hydrogens (tertiary/aromatic N) is 2. The molecule has 0 aliphatic rings. The molecule has 0 radical (unpaired) electrons. The van der Waals surface area contributed by atoms with Gasteiger partial charge in [-0.2, -0.15) is 0 Å². The zero-order chi connectivity index (χ0) is 16.7. The number of hydrogen-bond donors (Lipinski definition) is 1. The monoisotopic (exact) mass is 323 g/mol. The van der Waals surface area contributed by atoms with E-state index in [0.29, 0.717) is 28.5 Å². The zero-order valence-electron chi connectivity index (χ0n) is 12.9. The SMILES string of the molecule is COc1cccc(Cn2cnc3c([nH]c4ccc(F)cc43)c2=O)c1. The van der Waals surface area contributed by atoms with Gasteiger partial charge in [0.2, 0.25) is 0 Å². The average molecular weight is 323 g/mol. The van der Waals surface area contributed by atoms with Crippen LogP contribution < -0.4 is 10.3 Å². The van der Waals surface area contributed by atoms with Gasteiger partial charge in [-0.3, -0.25) is 9.36 Å². The molecule has 4 aromatic rings. The number of nitrogens with one attached hydrogen (secondary N) is 1. The minimum atomic E-state index is -0.356. The molecule has 0 fully saturated rings. The van der Waals surface area contributed by atoms with Gasteiger partial charge in [0, 0.05) is 10.9 Å². The van der Waals surface area contributed by atoms with Gasteiger partial charge < -0.3 is 9.72 Å². The molecular formula is C18H14FN3O2. The summed E-state index contributed by atoms with van der Waals surface area (Å²) in [5.41, 5.74) is 2.28. The predicted molar refractivity (Wildman–Crippen MR) is 89.9 cm³/mol. The van der Waals surface area contributed by atoms with Crippen molar-refractivity contribution in [3.05, 3.63) is 70.5 Å². The van der Waals surface area contributed by atoms with Crippen LogP contribution in [0.4, 0.5) is 4.39 Å². The smallest absolute Gasteiger partial charge is 0.277 e. The molecule has 2 aromatic heterocycles. The topological polar surface area (TPSA) is 59.9 Å². The summed E-state index contributed by atoms with van der Waals surface area (Å²) in [4.78, 5) is 20.1. The predicted octanol–water partition coefficient (Wildman–Crippen LogP) is 3.07. The van der Waals surface area contributed by atoms with Crippen LogP contribution in [0.5, 0.6) is 5.75 Å². The van der Waals surface area contributed by atoms with E-state index in [1.165, 1.54) is 23.0 Å². The Kier molecular flexibility index (Phi) is 3.30. The van der Waals surface area contributed by atoms with Gasteiger partial charge in [-0.25, -0.2) is 9.37 Å². The molecule has 24 heavy (non-hydrogen) atoms. The third-order valence-electron chi connectivity index (χ3n) is 4.02. The van der Waals surface area contributed by atoms with Crippen LogP contribution in [0.3, 0.4) is 0 Å². The van der Waals surface area contributed by atoms with Crippen molar-refractivity contribution in [1.82, 2.24) is 14.5 Å². The Morgan fingerprint density at radius 2 is 2.12 bits per heavy atom. The quantitative estimate of drug-likeness (QED) is 0.630. The molecule has 0 amide bonds. The zero-order valence-corrected chi connectivity index (χ0v) is 12.9. The molecular weight excluding hydrogens is 309 g/mol. The van der Waals surface area contributed by atoms with E-state index in [2.05, 4.69) is 9.97 Å². The molecule has 2 heterocycles. The molecule has 0 saturated carbocycles. The van der Waals surface area contributed by atoms with Gasteiger partial charge >= 0.3 is 0 Å². The summed E-state index contributed by atoms with van der Waals surface area (Å²) in [7, 11) is 1.60. The number of ether oxygens (including phenoxy) is 1. The van der Waals surface area contributed by atoms with Crippen LogP contribution in [0.2, 0.25) is 0 Å². The number of benzene rings is 2. The van der Waals surface area contributed by atoms with Crippen molar-refractivity contribution in [3.63, 3.8) is 0 Å². The molecule has 0 bridgehead atoms. The van der Waals surface area contributed by atoms with Gasteiger partial charge in [0.15, 0.2) is 0 Å². The fourth-order valence-electron chi connectivity index (χ4n) is 2.84. The maximum Gasteiger partial charge on any atom is 0.277 e. The maximum absolute atomic E-state index is 13.4. The minimum absolute atomic E-state index is 0.195. The van der Waals surface area contributed by atoms with Gasteiger partial charge in [-0.05, 0) is 35.9 Å². The maximum atomic E-state index is 13.4. The fourth-order valence-corrected chi connectivity index (χ4v) is 2.84. The third kappa shape index (κ3) is 2.32. The molecule has 1 N–H and O–H groups in total. The molecule has 0 saturated heterocycles. The molecule has 0 aliphatic heterocycles. The van der Waals surface area contributed by atoms with Crippen molar-refractivity contribution in [2.24, 2.45) is 0 Å². The molecule has 0 aliphatic carbocycles. The second-order valence-corrected chi connectivity index (χ2v) is 5.57. The van der Waals surface area contributed by atoms with E-state index >= 15 is 0 Å². The van der Waals surface area contributed by atoms with E-state index in [1.807, 2.05) is 24.3 Å². The summed E-state index contributed by atoms with van der Waals surface area (Å²) in [5.74, 6) is 0.376. The van der Waals surface area contributed by atoms with Crippen molar-refractivity contribution in [2.75, 3.05) is 7.11 Å². The lowest BCUT2D eigenvalue weighted by atomic mass is 10.2. The lowest BCUT2D eigenvalue weighted by molar-refractivity contribution is 0.414. The second-order valence-electron chi connectivity index (χ2n) is 5.57. The Morgan fingerprint density at radius 3 is 2.96 bits per heavy atom. The summed E-state index contributed by atoms with van der Waals surface area (Å²) in [6.45, 7) is 0.378. The van der Waals surface area contributed by atoms with Crippen LogP contribution in [-0.2, 0) is 6.54 Å². The minimum Gasteiger partial charge on any atom is -0.497 e. The number of methoxy groups -OCH3 is 1. The Labute approximate surface area is 136 Å². The molecule has 4 rings (SSSR count). The van der Waals surface area contributed by atoms with Crippen LogP contribution in [0.15, 0.2) is 53.6 Å². The van der Waals surface area contributed by atoms with Crippen LogP contribution >= 0.6 is 0 Å². The van der Waals surface area contributed by atoms with E-state index in [1.54, 1.807) is 13.2 Å². The number of aromatic nitrogens is 3. The first-order valence-corrected chi connectivity index (χ1v) is 7.45. The molecule has 0 atom stereocenters. The number of H-pyrrole nitrogens is 1. The molecule has 120 valence electrons. The second kappa shape index (κ2) is 5.49. The van der Waals surface area contributed by atoms with E-state index in [9.17, 15) is 9.18 Å². The van der Waals surface area contributed by atoms with Gasteiger partial charge in [0.1, 0.15) is 22.6 Å². The van der Waals surface area contributed by atoms with Crippen molar-refractivity contribution < 1.29 is 9.13 Å². The van der Waals surface area contributed by atoms with E-state index in [0.717, 1.165) is 11.3 Å². The van der Waals surface area contributed by atoms with E-state index in [-0.39, 0.29) is 11.4 Å². The van der Waals surface area contributed by atoms with E-state index < -0.39 is 0 Å². The third-order valence-corrected chi connectivity index (χ3v) is 4.02. The van der Waals surface area contributed by atoms with Crippen molar-refractivity contribution in [3.8, 4) is 5.75 Å². The summed E-state index contributed by atoms with van der Waals surface area (Å²) in [6.07, 6.45) is 1.49. The number of fused-ring (bicyclic) bond motifs is 3. The summed E-state index contributed by atoms with van der Waals surface area (Å²) < 4.78 is 20.2. The number of hydrogen-bond acceptors (Lipinski definition) is 3. The Balaban J connectivity index is 1.83. The Hall–Kier alpha value is -3.15. The average Bonchev–Trinajstić information content (AvgIpc) is 2.96. The fraction of sp³-hybridized carbons (Fsp3) is 0.111. The van der Waals surface area contributed by atoms with Crippen molar-refractivity contribution in [2.45, 2.75) is 6.54 Å². The summed E-state index contributed by atoms with van der Waals surface area (Å²) >= 11 is 0. The highest BCUT2D eigenvalue weighted by molar-refractivity contribution is 6.04. The highest BCUT2D eigenvalue weighted by Gasteiger charge is 2.12. The highest BCUT2D eigenvalue weighted by Crippen LogP contribution is 2.22. The number of halogens is 1. The first kappa shape index (κ1) is 14.4. The first-order valence-electron chi connectivity index (χ1n) is 7.45. The molecule has 5 nitrogen and oxygen atoms in total. The highest BCUT2D eigenvalue weighted by atomic mass is 19.1. The van der Waals surface area contributed by atoms with Gasteiger partial charge in [-0.15, -0.1) is 0 Å². The lowest BCUT2D eigenvalue weighted by Crippen LogP contribution is -2.21. The molecule has 6 heteroatoms. The first-order chi connectivity index (χ1) is 11.7. The van der Waals surface area contributed by atoms with Crippen molar-refractivity contribution in [1.29, 1.82) is 0 Å². The Morgan fingerprint density at radius 1 is 1.25 bits per heavy atom. The number of aromatic amines is 1. The van der Waals surface area contributed by atoms with Crippen LogP contribution in [-0.4, -0.2) is 21.6 Å². The van der Waals surface area contributed by atoms with Crippen molar-refractivity contribution >= 4 is 21.9 Å². The standard InChI is InChI=1S/C18H14FN3O2/c1-24-13-4-2-3-11(7-13)9-22-10-20-16-14-8-12(19)5-6-15(14)21-17(16)18(22)23/h2-8,10,21H,9H2,1H3. The van der Waals surface area contributed by atoms with Gasteiger partial charge in [-0.1, -0.05) is 12.1 Å². The van der Waals surface area contributed by atoms with Crippen LogP contribution in [0.1, 0.15) is 5.56 Å². The lowest BCUT2D eigenvalue weighted by Gasteiger charge is -2.07. The van der Waals surface area contributed by atoms with Gasteiger partial charge in [0.25, 0.3) is 5.56 Å². The molecule has 0 unspecified atom stereocenters. The van der Waals surface area contributed by atoms with Crippen LogP contribution in [0.25, 0.3) is 21.9 Å². The summed E-state index contributed by atoms with van der Waals surface area (Å²) in [5, 5.41) is 0.607. The molecule has 2 aromatic carbocycles. The Bertz CT molecular complexity index is 1110. The largest absolute Gasteiger partial charge is 0.497 e. The summed E-state index contributed by atoms with van der Waals surface area (Å²) in [6, 6.07) is 11.9. The molecule has 0 spiro atoms. The number of rotatable bonds is 3. The van der Waals surface area contributed by atoms with Gasteiger partial charge in [0.05, 0.1) is 20.0 Å². The van der Waals surface area contributed by atoms with Crippen LogP contribution in [0, 0.1) is 5.82 Å². The van der Waals surface area contributed by atoms with E-state index in [4.69, 9.17) is 4.74 Å².